The van der Waals surface area contributed by atoms with Gasteiger partial charge in [-0.05, 0) is 36.8 Å². The molecule has 0 atom stereocenters. The number of nitrogens with zero attached hydrogens (tertiary/aromatic N) is 1. The number of rotatable bonds is 6. The smallest absolute Gasteiger partial charge is 0.266 e. The zero-order chi connectivity index (χ0) is 20.0. The molecule has 0 aliphatic carbocycles. The van der Waals surface area contributed by atoms with Crippen molar-refractivity contribution in [1.29, 1.82) is 5.26 Å². The minimum atomic E-state index is -0.556. The number of hydrogen-bond acceptors (Lipinski definition) is 5. The highest BCUT2D eigenvalue weighted by molar-refractivity contribution is 6.31. The van der Waals surface area contributed by atoms with E-state index in [-0.39, 0.29) is 5.57 Å². The van der Waals surface area contributed by atoms with Crippen molar-refractivity contribution >= 4 is 29.3 Å². The first kappa shape index (κ1) is 20.1. The first-order valence-corrected chi connectivity index (χ1v) is 8.30. The van der Waals surface area contributed by atoms with Crippen molar-refractivity contribution in [1.82, 2.24) is 0 Å². The molecule has 2 aromatic carbocycles. The largest absolute Gasteiger partial charge is 0.496 e. The molecule has 6 nitrogen and oxygen atoms in total. The minimum Gasteiger partial charge on any atom is -0.496 e. The molecule has 1 amide bonds. The Morgan fingerprint density at radius 2 is 1.70 bits per heavy atom. The zero-order valence-corrected chi connectivity index (χ0v) is 16.2. The molecule has 0 fully saturated rings. The van der Waals surface area contributed by atoms with Crippen LogP contribution in [0.15, 0.2) is 35.9 Å². The third-order valence-corrected chi connectivity index (χ3v) is 4.08. The van der Waals surface area contributed by atoms with Crippen LogP contribution in [0, 0.1) is 18.3 Å². The van der Waals surface area contributed by atoms with Gasteiger partial charge in [-0.3, -0.25) is 4.79 Å². The molecule has 0 radical (unpaired) electrons. The third kappa shape index (κ3) is 4.72. The number of benzene rings is 2. The summed E-state index contributed by atoms with van der Waals surface area (Å²) in [6.07, 6.45) is 1.43. The monoisotopic (exact) mass is 386 g/mol. The lowest BCUT2D eigenvalue weighted by atomic mass is 10.1. The molecule has 0 aromatic heterocycles. The molecule has 0 heterocycles. The molecule has 0 unspecified atom stereocenters. The summed E-state index contributed by atoms with van der Waals surface area (Å²) in [4.78, 5) is 12.5. The summed E-state index contributed by atoms with van der Waals surface area (Å²) < 4.78 is 15.8. The van der Waals surface area contributed by atoms with Crippen LogP contribution in [0.2, 0.25) is 5.02 Å². The van der Waals surface area contributed by atoms with Crippen LogP contribution in [0.3, 0.4) is 0 Å². The van der Waals surface area contributed by atoms with E-state index in [9.17, 15) is 10.1 Å². The van der Waals surface area contributed by atoms with Gasteiger partial charge in [0.25, 0.3) is 5.91 Å². The van der Waals surface area contributed by atoms with E-state index in [1.165, 1.54) is 27.4 Å². The SMILES string of the molecule is COc1cc(OC)c(OC)cc1/C=C(\C#N)C(=O)Nc1cc(Cl)ccc1C. The molecular formula is C20H19ClN2O4. The molecule has 1 N–H and O–H groups in total. The van der Waals surface area contributed by atoms with E-state index in [4.69, 9.17) is 25.8 Å². The molecule has 2 rings (SSSR count). The normalized spacial score (nSPS) is 10.7. The highest BCUT2D eigenvalue weighted by Crippen LogP contribution is 2.35. The Hall–Kier alpha value is -3.17. The lowest BCUT2D eigenvalue weighted by molar-refractivity contribution is -0.112. The lowest BCUT2D eigenvalue weighted by Crippen LogP contribution is -2.14. The molecule has 0 saturated heterocycles. The van der Waals surface area contributed by atoms with Crippen molar-refractivity contribution in [3.63, 3.8) is 0 Å². The molecule has 0 bridgehead atoms. The molecule has 0 spiro atoms. The fourth-order valence-electron chi connectivity index (χ4n) is 2.39. The molecule has 0 saturated carbocycles. The van der Waals surface area contributed by atoms with Crippen molar-refractivity contribution < 1.29 is 19.0 Å². The summed E-state index contributed by atoms with van der Waals surface area (Å²) in [5, 5.41) is 12.6. The van der Waals surface area contributed by atoms with Crippen LogP contribution in [-0.4, -0.2) is 27.2 Å². The molecule has 27 heavy (non-hydrogen) atoms. The van der Waals surface area contributed by atoms with Crippen molar-refractivity contribution in [2.24, 2.45) is 0 Å². The van der Waals surface area contributed by atoms with Crippen LogP contribution in [-0.2, 0) is 4.79 Å². The van der Waals surface area contributed by atoms with Crippen molar-refractivity contribution in [3.8, 4) is 23.3 Å². The summed E-state index contributed by atoms with van der Waals surface area (Å²) in [6, 6.07) is 10.3. The van der Waals surface area contributed by atoms with E-state index in [1.807, 2.05) is 13.0 Å². The number of nitriles is 1. The van der Waals surface area contributed by atoms with E-state index in [0.717, 1.165) is 5.56 Å². The predicted molar refractivity (Wildman–Crippen MR) is 105 cm³/mol. The number of halogens is 1. The summed E-state index contributed by atoms with van der Waals surface area (Å²) in [7, 11) is 4.49. The van der Waals surface area contributed by atoms with E-state index in [0.29, 0.717) is 33.5 Å². The van der Waals surface area contributed by atoms with Crippen LogP contribution in [0.4, 0.5) is 5.69 Å². The number of hydrogen-bond donors (Lipinski definition) is 1. The Morgan fingerprint density at radius 1 is 1.07 bits per heavy atom. The Morgan fingerprint density at radius 3 is 2.30 bits per heavy atom. The summed E-state index contributed by atoms with van der Waals surface area (Å²) in [5.74, 6) is 0.809. The quantitative estimate of drug-likeness (QED) is 0.593. The Labute approximate surface area is 162 Å². The van der Waals surface area contributed by atoms with Crippen LogP contribution in [0.5, 0.6) is 17.2 Å². The van der Waals surface area contributed by atoms with E-state index < -0.39 is 5.91 Å². The molecule has 140 valence electrons. The topological polar surface area (TPSA) is 80.6 Å². The van der Waals surface area contributed by atoms with E-state index in [1.54, 1.807) is 30.3 Å². The van der Waals surface area contributed by atoms with Crippen molar-refractivity contribution in [3.05, 3.63) is 52.1 Å². The second-order valence-electron chi connectivity index (χ2n) is 5.53. The van der Waals surface area contributed by atoms with Gasteiger partial charge in [0.15, 0.2) is 11.5 Å². The van der Waals surface area contributed by atoms with Gasteiger partial charge in [-0.25, -0.2) is 0 Å². The average molecular weight is 387 g/mol. The molecule has 7 heteroatoms. The van der Waals surface area contributed by atoms with Gasteiger partial charge in [-0.2, -0.15) is 5.26 Å². The van der Waals surface area contributed by atoms with Gasteiger partial charge in [-0.15, -0.1) is 0 Å². The summed E-state index contributed by atoms with van der Waals surface area (Å²) in [6.45, 7) is 1.83. The average Bonchev–Trinajstić information content (AvgIpc) is 2.67. The number of methoxy groups -OCH3 is 3. The summed E-state index contributed by atoms with van der Waals surface area (Å²) >= 11 is 5.97. The first-order chi connectivity index (χ1) is 12.9. The van der Waals surface area contributed by atoms with Gasteiger partial charge in [-0.1, -0.05) is 17.7 Å². The fourth-order valence-corrected chi connectivity index (χ4v) is 2.56. The zero-order valence-electron chi connectivity index (χ0n) is 15.4. The Balaban J connectivity index is 2.41. The van der Waals surface area contributed by atoms with Crippen molar-refractivity contribution in [2.75, 3.05) is 26.6 Å². The van der Waals surface area contributed by atoms with Crippen molar-refractivity contribution in [2.45, 2.75) is 6.92 Å². The number of carbonyl (C=O) groups is 1. The maximum atomic E-state index is 12.5. The van der Waals surface area contributed by atoms with Crippen LogP contribution in [0.1, 0.15) is 11.1 Å². The minimum absolute atomic E-state index is 0.0973. The van der Waals surface area contributed by atoms with E-state index >= 15 is 0 Å². The molecule has 0 aliphatic rings. The highest BCUT2D eigenvalue weighted by atomic mass is 35.5. The maximum Gasteiger partial charge on any atom is 0.266 e. The van der Waals surface area contributed by atoms with E-state index in [2.05, 4.69) is 5.32 Å². The maximum absolute atomic E-state index is 12.5. The lowest BCUT2D eigenvalue weighted by Gasteiger charge is -2.13. The number of nitrogens with one attached hydrogen (secondary N) is 1. The van der Waals surface area contributed by atoms with Crippen LogP contribution in [0.25, 0.3) is 6.08 Å². The summed E-state index contributed by atoms with van der Waals surface area (Å²) in [5.41, 5.74) is 1.77. The molecule has 0 aliphatic heterocycles. The number of anilines is 1. The molecule has 2 aromatic rings. The van der Waals surface area contributed by atoms with Gasteiger partial charge >= 0.3 is 0 Å². The number of aryl methyl sites for hydroxylation is 1. The number of carbonyl (C=O) groups excluding carboxylic acids is 1. The molecular weight excluding hydrogens is 368 g/mol. The highest BCUT2D eigenvalue weighted by Gasteiger charge is 2.15. The third-order valence-electron chi connectivity index (χ3n) is 3.85. The Bertz CT molecular complexity index is 932. The van der Waals surface area contributed by atoms with Gasteiger partial charge < -0.3 is 19.5 Å². The van der Waals surface area contributed by atoms with Gasteiger partial charge in [0.2, 0.25) is 0 Å². The van der Waals surface area contributed by atoms with Crippen LogP contribution >= 0.6 is 11.6 Å². The predicted octanol–water partition coefficient (Wildman–Crippen LogP) is 4.22. The first-order valence-electron chi connectivity index (χ1n) is 7.92. The van der Waals surface area contributed by atoms with Crippen LogP contribution < -0.4 is 19.5 Å². The Kier molecular flexibility index (Phi) is 6.69. The standard InChI is InChI=1S/C20H19ClN2O4/c1-12-5-6-15(21)9-16(12)23-20(24)14(11-22)7-13-8-18(26-3)19(27-4)10-17(13)25-2/h5-10H,1-4H3,(H,23,24)/b14-7+. The van der Waals surface area contributed by atoms with Gasteiger partial charge in [0, 0.05) is 22.3 Å². The number of amides is 1. The number of ether oxygens (including phenoxy) is 3. The second-order valence-corrected chi connectivity index (χ2v) is 5.97. The second kappa shape index (κ2) is 8.97. The van der Waals surface area contributed by atoms with Gasteiger partial charge in [0.05, 0.1) is 21.3 Å². The fraction of sp³-hybridized carbons (Fsp3) is 0.200. The van der Waals surface area contributed by atoms with Gasteiger partial charge in [0.1, 0.15) is 17.4 Å².